The lowest BCUT2D eigenvalue weighted by Gasteiger charge is -1.86. The van der Waals surface area contributed by atoms with E-state index in [1.54, 1.807) is 6.20 Å². The van der Waals surface area contributed by atoms with E-state index in [0.717, 1.165) is 5.57 Å². The van der Waals surface area contributed by atoms with Crippen molar-refractivity contribution in [2.75, 3.05) is 6.54 Å². The molecule has 0 atom stereocenters. The summed E-state index contributed by atoms with van der Waals surface area (Å²) in [6.45, 7) is 2.41. The molecule has 0 aliphatic heterocycles. The Morgan fingerprint density at radius 1 is 1.50 bits per heavy atom. The lowest BCUT2D eigenvalue weighted by molar-refractivity contribution is 1.14. The number of aliphatic imine (C=N–C) groups is 2. The largest absolute Gasteiger partial charge is 0.228 e. The zero-order chi connectivity index (χ0) is 7.82. The quantitative estimate of drug-likeness (QED) is 0.478. The number of hydrogen-bond acceptors (Lipinski definition) is 4. The molecule has 0 radical (unpaired) electrons. The first kappa shape index (κ1) is 9.34. The molecule has 2 nitrogen and oxygen atoms in total. The van der Waals surface area contributed by atoms with Gasteiger partial charge in [0.25, 0.3) is 0 Å². The minimum Gasteiger partial charge on any atom is -0.228 e. The van der Waals surface area contributed by atoms with E-state index in [1.165, 1.54) is 0 Å². The van der Waals surface area contributed by atoms with Crippen molar-refractivity contribution in [3.8, 4) is 0 Å². The summed E-state index contributed by atoms with van der Waals surface area (Å²) in [7, 11) is 0. The van der Waals surface area contributed by atoms with Gasteiger partial charge in [-0.15, -0.1) is 0 Å². The highest BCUT2D eigenvalue weighted by Crippen LogP contribution is 1.91. The van der Waals surface area contributed by atoms with Crippen molar-refractivity contribution in [3.63, 3.8) is 0 Å². The minimum atomic E-state index is 0.532. The minimum absolute atomic E-state index is 0.532. The second-order valence-electron chi connectivity index (χ2n) is 1.60. The van der Waals surface area contributed by atoms with Gasteiger partial charge in [0, 0.05) is 6.20 Å². The van der Waals surface area contributed by atoms with Crippen LogP contribution in [0, 0.1) is 0 Å². The lowest BCUT2D eigenvalue weighted by Crippen LogP contribution is -1.79. The highest BCUT2D eigenvalue weighted by molar-refractivity contribution is 7.78. The summed E-state index contributed by atoms with van der Waals surface area (Å²) in [6, 6.07) is 0. The fourth-order valence-corrected chi connectivity index (χ4v) is 0.452. The number of nitrogens with zero attached hydrogens (tertiary/aromatic N) is 2. The molecule has 0 aromatic heterocycles. The number of thiocarbonyl (C=S) groups is 2. The SMILES string of the molecule is C/C(=C\N=C=S)CN=C=S. The molecule has 0 saturated carbocycles. The van der Waals surface area contributed by atoms with Gasteiger partial charge in [0.05, 0.1) is 16.9 Å². The molecule has 0 spiro atoms. The second kappa shape index (κ2) is 6.46. The van der Waals surface area contributed by atoms with Crippen LogP contribution in [0.4, 0.5) is 0 Å². The molecule has 0 aromatic rings. The Hall–Kier alpha value is -0.660. The van der Waals surface area contributed by atoms with Gasteiger partial charge in [-0.1, -0.05) is 0 Å². The van der Waals surface area contributed by atoms with Gasteiger partial charge in [-0.3, -0.25) is 0 Å². The first-order chi connectivity index (χ1) is 4.81. The van der Waals surface area contributed by atoms with Crippen molar-refractivity contribution < 1.29 is 0 Å². The predicted molar refractivity (Wildman–Crippen MR) is 48.7 cm³/mol. The molecule has 0 aliphatic rings. The van der Waals surface area contributed by atoms with E-state index in [-0.39, 0.29) is 0 Å². The van der Waals surface area contributed by atoms with E-state index in [9.17, 15) is 0 Å². The molecule has 0 N–H and O–H groups in total. The van der Waals surface area contributed by atoms with Crippen molar-refractivity contribution in [1.29, 1.82) is 0 Å². The fraction of sp³-hybridized carbons (Fsp3) is 0.333. The molecule has 0 fully saturated rings. The molecule has 52 valence electrons. The normalized spacial score (nSPS) is 9.50. The van der Waals surface area contributed by atoms with Crippen LogP contribution in [0.25, 0.3) is 0 Å². The fourth-order valence-electron chi connectivity index (χ4n) is 0.334. The van der Waals surface area contributed by atoms with Crippen LogP contribution in [0.1, 0.15) is 6.92 Å². The molecule has 0 heterocycles. The maximum atomic E-state index is 4.37. The van der Waals surface area contributed by atoms with Crippen molar-refractivity contribution in [3.05, 3.63) is 11.8 Å². The molecular weight excluding hydrogens is 164 g/mol. The molecule has 0 unspecified atom stereocenters. The topological polar surface area (TPSA) is 24.7 Å². The van der Waals surface area contributed by atoms with Crippen LogP contribution in [0.2, 0.25) is 0 Å². The number of hydrogen-bond donors (Lipinski definition) is 0. The van der Waals surface area contributed by atoms with Gasteiger partial charge < -0.3 is 0 Å². The zero-order valence-electron chi connectivity index (χ0n) is 5.50. The maximum Gasteiger partial charge on any atom is 0.0718 e. The van der Waals surface area contributed by atoms with E-state index in [1.807, 2.05) is 6.92 Å². The van der Waals surface area contributed by atoms with Gasteiger partial charge in [0.1, 0.15) is 0 Å². The molecule has 0 bridgehead atoms. The highest BCUT2D eigenvalue weighted by atomic mass is 32.1. The third kappa shape index (κ3) is 5.48. The van der Waals surface area contributed by atoms with Crippen molar-refractivity contribution in [2.24, 2.45) is 9.98 Å². The Labute approximate surface area is 70.4 Å². The molecule has 10 heavy (non-hydrogen) atoms. The van der Waals surface area contributed by atoms with E-state index >= 15 is 0 Å². The van der Waals surface area contributed by atoms with Gasteiger partial charge in [-0.25, -0.2) is 9.98 Å². The standard InChI is InChI=1S/C6H6N2S2/c1-6(2-7-4-9)3-8-5-10/h2H,3H2,1H3/b6-2+. The average molecular weight is 170 g/mol. The molecule has 0 aromatic carbocycles. The Bertz CT molecular complexity index is 220. The van der Waals surface area contributed by atoms with Crippen molar-refractivity contribution in [2.45, 2.75) is 6.92 Å². The highest BCUT2D eigenvalue weighted by Gasteiger charge is 1.81. The molecular formula is C6H6N2S2. The third-order valence-corrected chi connectivity index (χ3v) is 0.965. The molecule has 0 amide bonds. The van der Waals surface area contributed by atoms with Crippen LogP contribution in [-0.2, 0) is 0 Å². The van der Waals surface area contributed by atoms with Crippen molar-refractivity contribution >= 4 is 34.8 Å². The summed E-state index contributed by atoms with van der Waals surface area (Å²) < 4.78 is 0. The Balaban J connectivity index is 3.93. The van der Waals surface area contributed by atoms with Crippen LogP contribution in [0.15, 0.2) is 21.8 Å². The zero-order valence-corrected chi connectivity index (χ0v) is 7.13. The molecule has 0 saturated heterocycles. The Morgan fingerprint density at radius 3 is 2.70 bits per heavy atom. The van der Waals surface area contributed by atoms with Gasteiger partial charge in [0.15, 0.2) is 0 Å². The van der Waals surface area contributed by atoms with Crippen LogP contribution in [0.3, 0.4) is 0 Å². The molecule has 0 aliphatic carbocycles. The monoisotopic (exact) mass is 170 g/mol. The summed E-state index contributed by atoms with van der Waals surface area (Å²) in [4.78, 5) is 7.30. The lowest BCUT2D eigenvalue weighted by atomic mass is 10.3. The van der Waals surface area contributed by atoms with Gasteiger partial charge in [-0.2, -0.15) is 0 Å². The summed E-state index contributed by atoms with van der Waals surface area (Å²) >= 11 is 8.73. The van der Waals surface area contributed by atoms with Crippen LogP contribution in [0.5, 0.6) is 0 Å². The van der Waals surface area contributed by atoms with Crippen LogP contribution in [-0.4, -0.2) is 16.9 Å². The smallest absolute Gasteiger partial charge is 0.0718 e. The van der Waals surface area contributed by atoms with Gasteiger partial charge in [-0.05, 0) is 36.9 Å². The first-order valence-corrected chi connectivity index (χ1v) is 3.39. The van der Waals surface area contributed by atoms with E-state index in [4.69, 9.17) is 0 Å². The third-order valence-electron chi connectivity index (χ3n) is 0.731. The van der Waals surface area contributed by atoms with Crippen molar-refractivity contribution in [1.82, 2.24) is 0 Å². The number of isothiocyanates is 2. The predicted octanol–water partition coefficient (Wildman–Crippen LogP) is 2.10. The van der Waals surface area contributed by atoms with Gasteiger partial charge in [0.2, 0.25) is 0 Å². The summed E-state index contributed by atoms with van der Waals surface area (Å²) in [5.41, 5.74) is 0.981. The molecule has 0 rings (SSSR count). The maximum absolute atomic E-state index is 4.37. The second-order valence-corrected chi connectivity index (χ2v) is 1.97. The Morgan fingerprint density at radius 2 is 2.20 bits per heavy atom. The van der Waals surface area contributed by atoms with Crippen LogP contribution < -0.4 is 0 Å². The van der Waals surface area contributed by atoms with E-state index in [0.29, 0.717) is 6.54 Å². The van der Waals surface area contributed by atoms with Crippen LogP contribution >= 0.6 is 24.4 Å². The van der Waals surface area contributed by atoms with Gasteiger partial charge >= 0.3 is 0 Å². The summed E-state index contributed by atoms with van der Waals surface area (Å²) in [5, 5.41) is 4.47. The average Bonchev–Trinajstić information content (AvgIpc) is 1.97. The van der Waals surface area contributed by atoms with E-state index < -0.39 is 0 Å². The molecule has 4 heteroatoms. The Kier molecular flexibility index (Phi) is 6.03. The van der Waals surface area contributed by atoms with E-state index in [2.05, 4.69) is 44.7 Å². The number of rotatable bonds is 3. The first-order valence-electron chi connectivity index (χ1n) is 2.57. The summed E-state index contributed by atoms with van der Waals surface area (Å²) in [6.07, 6.45) is 1.60. The summed E-state index contributed by atoms with van der Waals surface area (Å²) in [5.74, 6) is 0.